The Balaban J connectivity index is 1.58. The number of nitrogens with zero attached hydrogens (tertiary/aromatic N) is 3. The van der Waals surface area contributed by atoms with Crippen molar-refractivity contribution < 1.29 is 19.1 Å². The maximum Gasteiger partial charge on any atom is 0.259 e. The summed E-state index contributed by atoms with van der Waals surface area (Å²) in [6.07, 6.45) is 0. The smallest absolute Gasteiger partial charge is 0.259 e. The molecule has 33 heavy (non-hydrogen) atoms. The molecule has 0 bridgehead atoms. The molecule has 0 saturated heterocycles. The van der Waals surface area contributed by atoms with Gasteiger partial charge in [-0.2, -0.15) is 0 Å². The molecule has 2 aliphatic rings. The van der Waals surface area contributed by atoms with E-state index in [0.29, 0.717) is 28.2 Å². The number of methoxy groups -OCH3 is 2. The predicted octanol–water partition coefficient (Wildman–Crippen LogP) is 4.08. The van der Waals surface area contributed by atoms with Gasteiger partial charge in [0, 0.05) is 29.4 Å². The second-order valence-corrected chi connectivity index (χ2v) is 9.39. The van der Waals surface area contributed by atoms with E-state index >= 15 is 0 Å². The van der Waals surface area contributed by atoms with Crippen LogP contribution in [0.4, 0.5) is 11.4 Å². The lowest BCUT2D eigenvalue weighted by Crippen LogP contribution is -2.43. The van der Waals surface area contributed by atoms with Gasteiger partial charge in [-0.3, -0.25) is 14.6 Å². The molecule has 0 aromatic heterocycles. The highest BCUT2D eigenvalue weighted by atomic mass is 32.2. The van der Waals surface area contributed by atoms with Crippen molar-refractivity contribution >= 4 is 46.0 Å². The van der Waals surface area contributed by atoms with Gasteiger partial charge in [0.15, 0.2) is 5.17 Å². The van der Waals surface area contributed by atoms with Crippen LogP contribution in [0.2, 0.25) is 0 Å². The first-order valence-electron chi connectivity index (χ1n) is 10.6. The number of fused-ring (bicyclic) bond motifs is 3. The molecule has 0 radical (unpaired) electrons. The van der Waals surface area contributed by atoms with Gasteiger partial charge in [0.1, 0.15) is 23.4 Å². The first-order chi connectivity index (χ1) is 15.8. The Hall–Kier alpha value is -3.33. The third-order valence-corrected chi connectivity index (χ3v) is 6.45. The number of amides is 2. The van der Waals surface area contributed by atoms with E-state index in [4.69, 9.17) is 19.5 Å². The molecular formula is C24H26N4O4S. The van der Waals surface area contributed by atoms with E-state index in [9.17, 15) is 9.59 Å². The van der Waals surface area contributed by atoms with Gasteiger partial charge >= 0.3 is 0 Å². The van der Waals surface area contributed by atoms with Crippen LogP contribution in [0.5, 0.6) is 11.5 Å². The lowest BCUT2D eigenvalue weighted by atomic mass is 10.1. The number of nitrogens with one attached hydrogen (secondary N) is 1. The second kappa shape index (κ2) is 9.27. The van der Waals surface area contributed by atoms with Crippen molar-refractivity contribution in [3.05, 3.63) is 48.0 Å². The van der Waals surface area contributed by atoms with Gasteiger partial charge in [0.05, 0.1) is 25.2 Å². The molecule has 2 heterocycles. The SMILES string of the molecule is COc1cc(NC(=O)C(C)SC2=Nc3ccccc3C3=NC(C(C)C)C(=O)N23)cc(OC)c1. The highest BCUT2D eigenvalue weighted by Gasteiger charge is 2.43. The third kappa shape index (κ3) is 4.45. The predicted molar refractivity (Wildman–Crippen MR) is 131 cm³/mol. The van der Waals surface area contributed by atoms with Crippen molar-refractivity contribution in [2.45, 2.75) is 32.1 Å². The third-order valence-electron chi connectivity index (χ3n) is 5.40. The summed E-state index contributed by atoms with van der Waals surface area (Å²) in [6.45, 7) is 5.72. The van der Waals surface area contributed by atoms with E-state index in [1.54, 1.807) is 44.2 Å². The van der Waals surface area contributed by atoms with E-state index in [0.717, 1.165) is 11.3 Å². The zero-order chi connectivity index (χ0) is 23.7. The molecule has 9 heteroatoms. The van der Waals surface area contributed by atoms with Crippen LogP contribution in [-0.2, 0) is 9.59 Å². The van der Waals surface area contributed by atoms with Crippen LogP contribution in [0, 0.1) is 5.92 Å². The lowest BCUT2D eigenvalue weighted by molar-refractivity contribution is -0.125. The molecule has 0 saturated carbocycles. The normalized spacial score (nSPS) is 17.7. The molecule has 0 fully saturated rings. The fourth-order valence-corrected chi connectivity index (χ4v) is 4.53. The molecule has 4 rings (SSSR count). The molecule has 0 spiro atoms. The maximum absolute atomic E-state index is 13.2. The fourth-order valence-electron chi connectivity index (χ4n) is 3.62. The number of thioether (sulfide) groups is 1. The van der Waals surface area contributed by atoms with E-state index in [-0.39, 0.29) is 17.7 Å². The van der Waals surface area contributed by atoms with Crippen molar-refractivity contribution in [2.24, 2.45) is 15.9 Å². The van der Waals surface area contributed by atoms with Gasteiger partial charge in [-0.15, -0.1) is 0 Å². The molecule has 0 aliphatic carbocycles. The number of carbonyl (C=O) groups excluding carboxylic acids is 2. The van der Waals surface area contributed by atoms with Gasteiger partial charge in [0.2, 0.25) is 5.91 Å². The molecular weight excluding hydrogens is 440 g/mol. The van der Waals surface area contributed by atoms with Crippen LogP contribution in [0.3, 0.4) is 0 Å². The summed E-state index contributed by atoms with van der Waals surface area (Å²) in [7, 11) is 3.10. The number of hydrogen-bond acceptors (Lipinski definition) is 7. The Morgan fingerprint density at radius 2 is 1.76 bits per heavy atom. The van der Waals surface area contributed by atoms with E-state index in [1.807, 2.05) is 38.1 Å². The number of anilines is 1. The number of para-hydroxylation sites is 1. The summed E-state index contributed by atoms with van der Waals surface area (Å²) in [5, 5.41) is 2.81. The Morgan fingerprint density at radius 3 is 2.39 bits per heavy atom. The van der Waals surface area contributed by atoms with Crippen molar-refractivity contribution in [1.29, 1.82) is 0 Å². The molecule has 2 aliphatic heterocycles. The van der Waals surface area contributed by atoms with Crippen LogP contribution in [-0.4, -0.2) is 53.2 Å². The molecule has 172 valence electrons. The fraction of sp³-hybridized carbons (Fsp3) is 0.333. The van der Waals surface area contributed by atoms with Crippen LogP contribution in [0.25, 0.3) is 0 Å². The molecule has 2 atom stereocenters. The minimum atomic E-state index is -0.529. The minimum absolute atomic E-state index is 0.0535. The van der Waals surface area contributed by atoms with E-state index in [1.165, 1.54) is 11.8 Å². The van der Waals surface area contributed by atoms with Crippen LogP contribution in [0.1, 0.15) is 26.3 Å². The zero-order valence-corrected chi connectivity index (χ0v) is 20.0. The number of carbonyl (C=O) groups is 2. The summed E-state index contributed by atoms with van der Waals surface area (Å²) in [5.41, 5.74) is 2.11. The number of benzene rings is 2. The zero-order valence-electron chi connectivity index (χ0n) is 19.2. The highest BCUT2D eigenvalue weighted by Crippen LogP contribution is 2.36. The van der Waals surface area contributed by atoms with Gasteiger partial charge < -0.3 is 14.8 Å². The molecule has 2 aromatic rings. The number of ether oxygens (including phenoxy) is 2. The summed E-state index contributed by atoms with van der Waals surface area (Å²) in [6, 6.07) is 12.3. The average Bonchev–Trinajstić information content (AvgIpc) is 3.16. The van der Waals surface area contributed by atoms with Gasteiger partial charge in [-0.1, -0.05) is 37.7 Å². The Labute approximate surface area is 197 Å². The second-order valence-electron chi connectivity index (χ2n) is 8.08. The Morgan fingerprint density at radius 1 is 1.09 bits per heavy atom. The molecule has 8 nitrogen and oxygen atoms in total. The highest BCUT2D eigenvalue weighted by molar-refractivity contribution is 8.15. The Bertz CT molecular complexity index is 1140. The van der Waals surface area contributed by atoms with Crippen molar-refractivity contribution in [3.8, 4) is 11.5 Å². The number of rotatable bonds is 6. The van der Waals surface area contributed by atoms with Crippen LogP contribution < -0.4 is 14.8 Å². The summed E-state index contributed by atoms with van der Waals surface area (Å²) in [4.78, 5) is 37.1. The number of hydrogen-bond donors (Lipinski definition) is 1. The summed E-state index contributed by atoms with van der Waals surface area (Å²) < 4.78 is 10.5. The largest absolute Gasteiger partial charge is 0.497 e. The standard InChI is InChI=1S/C24H26N4O4S/c1-13(2)20-23(30)28-21(27-20)18-8-6-7-9-19(18)26-24(28)33-14(3)22(29)25-15-10-16(31-4)12-17(11-15)32-5/h6-14,20H,1-5H3,(H,25,29). The van der Waals surface area contributed by atoms with Gasteiger partial charge in [-0.05, 0) is 25.0 Å². The van der Waals surface area contributed by atoms with Crippen LogP contribution >= 0.6 is 11.8 Å². The lowest BCUT2D eigenvalue weighted by Gasteiger charge is -2.27. The molecule has 1 N–H and O–H groups in total. The first kappa shape index (κ1) is 22.8. The van der Waals surface area contributed by atoms with Crippen LogP contribution in [0.15, 0.2) is 52.4 Å². The summed E-state index contributed by atoms with van der Waals surface area (Å²) >= 11 is 1.23. The maximum atomic E-state index is 13.2. The number of aliphatic imine (C=N–C) groups is 2. The van der Waals surface area contributed by atoms with Gasteiger partial charge in [-0.25, -0.2) is 9.89 Å². The van der Waals surface area contributed by atoms with E-state index < -0.39 is 11.3 Å². The molecule has 2 aromatic carbocycles. The number of amidine groups is 2. The Kier molecular flexibility index (Phi) is 6.42. The quantitative estimate of drug-likeness (QED) is 0.693. The first-order valence-corrected chi connectivity index (χ1v) is 11.5. The van der Waals surface area contributed by atoms with Crippen molar-refractivity contribution in [2.75, 3.05) is 19.5 Å². The van der Waals surface area contributed by atoms with E-state index in [2.05, 4.69) is 5.32 Å². The minimum Gasteiger partial charge on any atom is -0.497 e. The topological polar surface area (TPSA) is 92.6 Å². The molecule has 2 unspecified atom stereocenters. The average molecular weight is 467 g/mol. The van der Waals surface area contributed by atoms with Gasteiger partial charge in [0.25, 0.3) is 5.91 Å². The molecule has 2 amide bonds. The monoisotopic (exact) mass is 466 g/mol. The summed E-state index contributed by atoms with van der Waals surface area (Å²) in [5.74, 6) is 1.44. The van der Waals surface area contributed by atoms with Crippen molar-refractivity contribution in [3.63, 3.8) is 0 Å². The van der Waals surface area contributed by atoms with Crippen molar-refractivity contribution in [1.82, 2.24) is 4.90 Å².